The molecule has 118 valence electrons. The fourth-order valence-corrected chi connectivity index (χ4v) is 2.82. The standard InChI is InChI=1S/C18H26N2OSi/c1-14(2)17(13-21-22(3,4)5)20-12-16-9-6-8-15-10-7-11-19-18(15)16/h6-12,14,17H,13H2,1-5H3/t17-/m1/s1. The monoisotopic (exact) mass is 314 g/mol. The number of fused-ring (bicyclic) bond motifs is 1. The van der Waals surface area contributed by atoms with Crippen LogP contribution in [0.2, 0.25) is 19.6 Å². The van der Waals surface area contributed by atoms with Crippen LogP contribution in [-0.2, 0) is 4.43 Å². The summed E-state index contributed by atoms with van der Waals surface area (Å²) in [6.45, 7) is 11.7. The summed E-state index contributed by atoms with van der Waals surface area (Å²) >= 11 is 0. The highest BCUT2D eigenvalue weighted by atomic mass is 28.4. The summed E-state index contributed by atoms with van der Waals surface area (Å²) in [7, 11) is -1.50. The molecular formula is C18H26N2OSi. The third-order valence-electron chi connectivity index (χ3n) is 3.53. The van der Waals surface area contributed by atoms with Crippen molar-refractivity contribution >= 4 is 25.4 Å². The van der Waals surface area contributed by atoms with Crippen LogP contribution in [0.3, 0.4) is 0 Å². The average Bonchev–Trinajstić information content (AvgIpc) is 2.45. The van der Waals surface area contributed by atoms with Gasteiger partial charge >= 0.3 is 0 Å². The SMILES string of the molecule is CC(C)[C@@H](CO[Si](C)(C)C)N=Cc1cccc2cccnc12. The maximum absolute atomic E-state index is 6.04. The molecule has 0 bridgehead atoms. The van der Waals surface area contributed by atoms with Gasteiger partial charge in [0.1, 0.15) is 0 Å². The Kier molecular flexibility index (Phi) is 5.48. The second kappa shape index (κ2) is 7.16. The van der Waals surface area contributed by atoms with E-state index in [4.69, 9.17) is 9.42 Å². The number of aliphatic imine (C=N–C) groups is 1. The number of para-hydroxylation sites is 1. The first-order chi connectivity index (χ1) is 10.4. The molecule has 0 saturated heterocycles. The minimum absolute atomic E-state index is 0.186. The minimum atomic E-state index is -1.50. The number of nitrogens with zero attached hydrogens (tertiary/aromatic N) is 2. The van der Waals surface area contributed by atoms with E-state index in [-0.39, 0.29) is 6.04 Å². The van der Waals surface area contributed by atoms with Gasteiger partial charge in [0.25, 0.3) is 0 Å². The molecule has 0 radical (unpaired) electrons. The maximum Gasteiger partial charge on any atom is 0.183 e. The molecule has 0 aliphatic carbocycles. The second-order valence-corrected chi connectivity index (χ2v) is 11.4. The van der Waals surface area contributed by atoms with Gasteiger partial charge in [-0.05, 0) is 31.6 Å². The molecule has 0 unspecified atom stereocenters. The lowest BCUT2D eigenvalue weighted by molar-refractivity contribution is 0.255. The third-order valence-corrected chi connectivity index (χ3v) is 4.56. The maximum atomic E-state index is 6.04. The zero-order chi connectivity index (χ0) is 16.2. The Balaban J connectivity index is 2.19. The van der Waals surface area contributed by atoms with Crippen LogP contribution < -0.4 is 0 Å². The van der Waals surface area contributed by atoms with Crippen molar-refractivity contribution in [2.75, 3.05) is 6.61 Å². The van der Waals surface area contributed by atoms with Crippen LogP contribution in [0.1, 0.15) is 19.4 Å². The summed E-state index contributed by atoms with van der Waals surface area (Å²) in [5.41, 5.74) is 2.07. The highest BCUT2D eigenvalue weighted by Gasteiger charge is 2.19. The molecule has 0 saturated carbocycles. The lowest BCUT2D eigenvalue weighted by atomic mass is 10.1. The van der Waals surface area contributed by atoms with E-state index < -0.39 is 8.32 Å². The number of benzene rings is 1. The molecule has 0 fully saturated rings. The fraction of sp³-hybridized carbons (Fsp3) is 0.444. The van der Waals surface area contributed by atoms with Crippen molar-refractivity contribution < 1.29 is 4.43 Å². The van der Waals surface area contributed by atoms with Crippen molar-refractivity contribution in [1.82, 2.24) is 4.98 Å². The Bertz CT molecular complexity index is 642. The van der Waals surface area contributed by atoms with E-state index in [1.807, 2.05) is 24.5 Å². The van der Waals surface area contributed by atoms with Crippen LogP contribution in [0.25, 0.3) is 10.9 Å². The highest BCUT2D eigenvalue weighted by molar-refractivity contribution is 6.69. The summed E-state index contributed by atoms with van der Waals surface area (Å²) in [6, 6.07) is 10.4. The second-order valence-electron chi connectivity index (χ2n) is 6.94. The molecule has 0 aliphatic rings. The predicted octanol–water partition coefficient (Wildman–Crippen LogP) is 4.53. The Labute approximate surface area is 134 Å². The van der Waals surface area contributed by atoms with Gasteiger partial charge in [-0.15, -0.1) is 0 Å². The van der Waals surface area contributed by atoms with E-state index in [1.54, 1.807) is 0 Å². The molecule has 3 nitrogen and oxygen atoms in total. The van der Waals surface area contributed by atoms with E-state index >= 15 is 0 Å². The number of rotatable bonds is 6. The van der Waals surface area contributed by atoms with Crippen LogP contribution >= 0.6 is 0 Å². The van der Waals surface area contributed by atoms with Gasteiger partial charge in [-0.1, -0.05) is 38.1 Å². The van der Waals surface area contributed by atoms with Crippen LogP contribution in [0.5, 0.6) is 0 Å². The molecule has 2 rings (SSSR count). The lowest BCUT2D eigenvalue weighted by Crippen LogP contribution is -2.31. The molecule has 0 spiro atoms. The van der Waals surface area contributed by atoms with Crippen molar-refractivity contribution in [3.8, 4) is 0 Å². The Morgan fingerprint density at radius 2 is 1.91 bits per heavy atom. The highest BCUT2D eigenvalue weighted by Crippen LogP contribution is 2.16. The molecule has 1 heterocycles. The molecule has 0 amide bonds. The smallest absolute Gasteiger partial charge is 0.183 e. The molecule has 0 aliphatic heterocycles. The topological polar surface area (TPSA) is 34.5 Å². The largest absolute Gasteiger partial charge is 0.415 e. The minimum Gasteiger partial charge on any atom is -0.415 e. The molecule has 4 heteroatoms. The van der Waals surface area contributed by atoms with Gasteiger partial charge in [-0.25, -0.2) is 0 Å². The summed E-state index contributed by atoms with van der Waals surface area (Å²) < 4.78 is 6.04. The average molecular weight is 315 g/mol. The molecule has 22 heavy (non-hydrogen) atoms. The van der Waals surface area contributed by atoms with Crippen LogP contribution in [0.15, 0.2) is 41.5 Å². The van der Waals surface area contributed by atoms with Gasteiger partial charge in [0.2, 0.25) is 0 Å². The van der Waals surface area contributed by atoms with E-state index in [0.717, 1.165) is 16.5 Å². The molecular weight excluding hydrogens is 288 g/mol. The predicted molar refractivity (Wildman–Crippen MR) is 97.3 cm³/mol. The van der Waals surface area contributed by atoms with Crippen molar-refractivity contribution in [3.63, 3.8) is 0 Å². The zero-order valence-electron chi connectivity index (χ0n) is 14.2. The zero-order valence-corrected chi connectivity index (χ0v) is 15.2. The van der Waals surface area contributed by atoms with E-state index in [2.05, 4.69) is 56.7 Å². The van der Waals surface area contributed by atoms with Crippen LogP contribution in [0.4, 0.5) is 0 Å². The number of pyridine rings is 1. The Morgan fingerprint density at radius 3 is 2.59 bits per heavy atom. The summed E-state index contributed by atoms with van der Waals surface area (Å²) in [4.78, 5) is 9.25. The molecule has 0 N–H and O–H groups in total. The van der Waals surface area contributed by atoms with E-state index in [0.29, 0.717) is 12.5 Å². The number of aromatic nitrogens is 1. The van der Waals surface area contributed by atoms with Crippen LogP contribution in [0, 0.1) is 5.92 Å². The quantitative estimate of drug-likeness (QED) is 0.580. The first-order valence-electron chi connectivity index (χ1n) is 7.88. The summed E-state index contributed by atoms with van der Waals surface area (Å²) in [5.74, 6) is 0.454. The normalized spacial score (nSPS) is 14.1. The van der Waals surface area contributed by atoms with E-state index in [9.17, 15) is 0 Å². The fourth-order valence-electron chi connectivity index (χ4n) is 2.15. The van der Waals surface area contributed by atoms with Gasteiger partial charge in [-0.3, -0.25) is 9.98 Å². The Hall–Kier alpha value is -1.52. The van der Waals surface area contributed by atoms with Gasteiger partial charge in [0.05, 0.1) is 18.2 Å². The van der Waals surface area contributed by atoms with Gasteiger partial charge in [-0.2, -0.15) is 0 Å². The molecule has 1 aromatic carbocycles. The number of hydrogen-bond acceptors (Lipinski definition) is 3. The van der Waals surface area contributed by atoms with E-state index in [1.165, 1.54) is 0 Å². The summed E-state index contributed by atoms with van der Waals surface area (Å²) in [5, 5.41) is 1.14. The van der Waals surface area contributed by atoms with Gasteiger partial charge in [0, 0.05) is 23.4 Å². The molecule has 2 aromatic rings. The van der Waals surface area contributed by atoms with Crippen molar-refractivity contribution in [3.05, 3.63) is 42.1 Å². The van der Waals surface area contributed by atoms with Gasteiger partial charge < -0.3 is 4.43 Å². The third kappa shape index (κ3) is 4.75. The first kappa shape index (κ1) is 16.8. The van der Waals surface area contributed by atoms with Crippen LogP contribution in [-0.4, -0.2) is 32.2 Å². The lowest BCUT2D eigenvalue weighted by Gasteiger charge is -2.23. The van der Waals surface area contributed by atoms with Gasteiger partial charge in [0.15, 0.2) is 8.32 Å². The first-order valence-corrected chi connectivity index (χ1v) is 11.3. The number of hydrogen-bond donors (Lipinski definition) is 0. The summed E-state index contributed by atoms with van der Waals surface area (Å²) in [6.07, 6.45) is 3.78. The molecule has 1 atom stereocenters. The van der Waals surface area contributed by atoms with Crippen molar-refractivity contribution in [2.24, 2.45) is 10.9 Å². The van der Waals surface area contributed by atoms with Crippen molar-refractivity contribution in [2.45, 2.75) is 39.5 Å². The molecule has 1 aromatic heterocycles. The Morgan fingerprint density at radius 1 is 1.18 bits per heavy atom. The van der Waals surface area contributed by atoms with Crippen molar-refractivity contribution in [1.29, 1.82) is 0 Å².